The molecule has 1 aromatic carbocycles. The lowest BCUT2D eigenvalue weighted by Gasteiger charge is -2.26. The lowest BCUT2D eigenvalue weighted by molar-refractivity contribution is -0.131. The number of hydrogen-bond acceptors (Lipinski definition) is 3. The largest absolute Gasteiger partial charge is 0.320 e. The van der Waals surface area contributed by atoms with E-state index in [1.165, 1.54) is 12.1 Å². The third kappa shape index (κ3) is 2.53. The number of rotatable bonds is 4. The molecule has 6 heteroatoms. The molecular formula is C15H19F2N3O. The average molecular weight is 295 g/mol. The van der Waals surface area contributed by atoms with Crippen molar-refractivity contribution in [2.45, 2.75) is 24.5 Å². The molecule has 1 aliphatic heterocycles. The van der Waals surface area contributed by atoms with Crippen LogP contribution in [0.3, 0.4) is 0 Å². The molecule has 1 unspecified atom stereocenters. The van der Waals surface area contributed by atoms with Crippen molar-refractivity contribution in [3.05, 3.63) is 35.4 Å². The standard InChI is InChI=1S/C15H19F2N3O/c1-19(2)7-8-20-13(18-15(5-6-15)14(20)21)10-3-4-11(16)12(17)9-10/h3-4,9,13,18H,5-8H2,1-2H3. The Morgan fingerprint density at radius 2 is 2.05 bits per heavy atom. The summed E-state index contributed by atoms with van der Waals surface area (Å²) in [4.78, 5) is 16.2. The first kappa shape index (κ1) is 14.4. The van der Waals surface area contributed by atoms with Crippen molar-refractivity contribution in [3.8, 4) is 0 Å². The van der Waals surface area contributed by atoms with E-state index in [4.69, 9.17) is 0 Å². The normalized spacial score (nSPS) is 23.4. The maximum atomic E-state index is 13.5. The first-order valence-corrected chi connectivity index (χ1v) is 7.11. The molecule has 0 aromatic heterocycles. The van der Waals surface area contributed by atoms with E-state index in [0.717, 1.165) is 25.5 Å². The van der Waals surface area contributed by atoms with E-state index in [9.17, 15) is 13.6 Å². The second kappa shape index (κ2) is 5.03. The Morgan fingerprint density at radius 1 is 1.33 bits per heavy atom. The van der Waals surface area contributed by atoms with Crippen LogP contribution in [0.25, 0.3) is 0 Å². The quantitative estimate of drug-likeness (QED) is 0.914. The molecule has 114 valence electrons. The molecule has 1 heterocycles. The molecule has 1 saturated carbocycles. The lowest BCUT2D eigenvalue weighted by atomic mass is 10.1. The van der Waals surface area contributed by atoms with Crippen molar-refractivity contribution < 1.29 is 13.6 Å². The Bertz CT molecular complexity index is 572. The molecule has 2 fully saturated rings. The van der Waals surface area contributed by atoms with Crippen LogP contribution in [0.2, 0.25) is 0 Å². The van der Waals surface area contributed by atoms with Gasteiger partial charge in [0.1, 0.15) is 11.7 Å². The van der Waals surface area contributed by atoms with Gasteiger partial charge in [0.2, 0.25) is 5.91 Å². The summed E-state index contributed by atoms with van der Waals surface area (Å²) in [6.07, 6.45) is 1.24. The Morgan fingerprint density at radius 3 is 2.62 bits per heavy atom. The van der Waals surface area contributed by atoms with Gasteiger partial charge in [-0.15, -0.1) is 0 Å². The van der Waals surface area contributed by atoms with Crippen LogP contribution >= 0.6 is 0 Å². The fraction of sp³-hybridized carbons (Fsp3) is 0.533. The van der Waals surface area contributed by atoms with E-state index in [0.29, 0.717) is 12.1 Å². The Balaban J connectivity index is 1.87. The zero-order valence-electron chi connectivity index (χ0n) is 12.2. The zero-order valence-corrected chi connectivity index (χ0v) is 12.2. The molecule has 1 amide bonds. The maximum absolute atomic E-state index is 13.5. The van der Waals surface area contributed by atoms with Gasteiger partial charge in [0.15, 0.2) is 11.6 Å². The highest BCUT2D eigenvalue weighted by Crippen LogP contribution is 2.45. The van der Waals surface area contributed by atoms with Gasteiger partial charge >= 0.3 is 0 Å². The second-order valence-electron chi connectivity index (χ2n) is 6.10. The topological polar surface area (TPSA) is 35.6 Å². The van der Waals surface area contributed by atoms with Crippen LogP contribution in [0.1, 0.15) is 24.6 Å². The fourth-order valence-corrected chi connectivity index (χ4v) is 2.76. The molecule has 1 spiro atoms. The highest BCUT2D eigenvalue weighted by atomic mass is 19.2. The van der Waals surface area contributed by atoms with E-state index >= 15 is 0 Å². The van der Waals surface area contributed by atoms with Crippen molar-refractivity contribution in [3.63, 3.8) is 0 Å². The summed E-state index contributed by atoms with van der Waals surface area (Å²) in [6.45, 7) is 1.29. The number of benzene rings is 1. The summed E-state index contributed by atoms with van der Waals surface area (Å²) in [5, 5.41) is 3.30. The molecule has 4 nitrogen and oxygen atoms in total. The van der Waals surface area contributed by atoms with Crippen LogP contribution in [-0.4, -0.2) is 48.4 Å². The minimum absolute atomic E-state index is 0.0686. The predicted molar refractivity (Wildman–Crippen MR) is 74.5 cm³/mol. The molecule has 1 aromatic rings. The summed E-state index contributed by atoms with van der Waals surface area (Å²) in [7, 11) is 3.88. The van der Waals surface area contributed by atoms with Gasteiger partial charge in [-0.2, -0.15) is 0 Å². The third-order valence-corrected chi connectivity index (χ3v) is 4.19. The first-order valence-electron chi connectivity index (χ1n) is 7.11. The number of carbonyl (C=O) groups excluding carboxylic acids is 1. The monoisotopic (exact) mass is 295 g/mol. The van der Waals surface area contributed by atoms with Gasteiger partial charge in [0.25, 0.3) is 0 Å². The Hall–Kier alpha value is -1.53. The second-order valence-corrected chi connectivity index (χ2v) is 6.10. The third-order valence-electron chi connectivity index (χ3n) is 4.19. The molecule has 1 N–H and O–H groups in total. The van der Waals surface area contributed by atoms with Gasteiger partial charge in [-0.05, 0) is 44.6 Å². The van der Waals surface area contributed by atoms with Gasteiger partial charge in [0.05, 0.1) is 0 Å². The van der Waals surface area contributed by atoms with Gasteiger partial charge in [-0.1, -0.05) is 6.07 Å². The smallest absolute Gasteiger partial charge is 0.244 e. The van der Waals surface area contributed by atoms with Crippen molar-refractivity contribution in [2.24, 2.45) is 0 Å². The van der Waals surface area contributed by atoms with Crippen LogP contribution in [0, 0.1) is 11.6 Å². The minimum atomic E-state index is -0.883. The Kier molecular flexibility index (Phi) is 3.45. The lowest BCUT2D eigenvalue weighted by Crippen LogP contribution is -2.37. The number of nitrogens with one attached hydrogen (secondary N) is 1. The Labute approximate surface area is 122 Å². The number of carbonyl (C=O) groups is 1. The number of halogens is 2. The molecular weight excluding hydrogens is 276 g/mol. The molecule has 0 radical (unpaired) electrons. The number of hydrogen-bond donors (Lipinski definition) is 1. The van der Waals surface area contributed by atoms with E-state index in [1.54, 1.807) is 4.90 Å². The summed E-state index contributed by atoms with van der Waals surface area (Å²) in [6, 6.07) is 3.82. The summed E-state index contributed by atoms with van der Waals surface area (Å²) >= 11 is 0. The molecule has 0 bridgehead atoms. The molecule has 1 aliphatic carbocycles. The SMILES string of the molecule is CN(C)CCN1C(=O)C2(CC2)NC1c1ccc(F)c(F)c1. The first-order chi connectivity index (χ1) is 9.93. The summed E-state index contributed by atoms with van der Waals surface area (Å²) in [5.41, 5.74) is 0.117. The van der Waals surface area contributed by atoms with E-state index in [1.807, 2.05) is 19.0 Å². The van der Waals surface area contributed by atoms with Gasteiger partial charge in [-0.3, -0.25) is 10.1 Å². The molecule has 3 rings (SSSR count). The zero-order chi connectivity index (χ0) is 15.2. The van der Waals surface area contributed by atoms with Gasteiger partial charge < -0.3 is 9.80 Å². The molecule has 2 aliphatic rings. The van der Waals surface area contributed by atoms with Crippen molar-refractivity contribution >= 4 is 5.91 Å². The number of likely N-dealkylation sites (N-methyl/N-ethyl adjacent to an activating group) is 1. The fourth-order valence-electron chi connectivity index (χ4n) is 2.76. The van der Waals surface area contributed by atoms with Crippen LogP contribution in [0.4, 0.5) is 8.78 Å². The van der Waals surface area contributed by atoms with Crippen molar-refractivity contribution in [2.75, 3.05) is 27.2 Å². The molecule has 21 heavy (non-hydrogen) atoms. The highest BCUT2D eigenvalue weighted by molar-refractivity contribution is 5.92. The average Bonchev–Trinajstić information content (AvgIpc) is 3.15. The minimum Gasteiger partial charge on any atom is -0.320 e. The van der Waals surface area contributed by atoms with Crippen LogP contribution in [0.15, 0.2) is 18.2 Å². The van der Waals surface area contributed by atoms with Crippen molar-refractivity contribution in [1.82, 2.24) is 15.1 Å². The van der Waals surface area contributed by atoms with Crippen molar-refractivity contribution in [1.29, 1.82) is 0 Å². The van der Waals surface area contributed by atoms with Crippen LogP contribution in [-0.2, 0) is 4.79 Å². The molecule has 1 saturated heterocycles. The predicted octanol–water partition coefficient (Wildman–Crippen LogP) is 1.49. The van der Waals surface area contributed by atoms with E-state index < -0.39 is 17.2 Å². The van der Waals surface area contributed by atoms with Gasteiger partial charge in [0, 0.05) is 13.1 Å². The summed E-state index contributed by atoms with van der Waals surface area (Å²) < 4.78 is 26.6. The van der Waals surface area contributed by atoms with E-state index in [-0.39, 0.29) is 12.1 Å². The summed E-state index contributed by atoms with van der Waals surface area (Å²) in [5.74, 6) is -1.69. The van der Waals surface area contributed by atoms with Gasteiger partial charge in [-0.25, -0.2) is 8.78 Å². The highest BCUT2D eigenvalue weighted by Gasteiger charge is 2.59. The van der Waals surface area contributed by atoms with E-state index in [2.05, 4.69) is 5.32 Å². The van der Waals surface area contributed by atoms with Crippen LogP contribution in [0.5, 0.6) is 0 Å². The molecule has 1 atom stereocenters. The number of amides is 1. The number of nitrogens with zero attached hydrogens (tertiary/aromatic N) is 2. The maximum Gasteiger partial charge on any atom is 0.244 e. The van der Waals surface area contributed by atoms with Crippen LogP contribution < -0.4 is 5.32 Å².